The number of hydrogen-bond donors (Lipinski definition) is 2. The summed E-state index contributed by atoms with van der Waals surface area (Å²) in [6, 6.07) is 13.3. The molecule has 0 spiro atoms. The van der Waals surface area contributed by atoms with Crippen molar-refractivity contribution in [2.75, 3.05) is 5.32 Å². The van der Waals surface area contributed by atoms with Crippen molar-refractivity contribution in [1.82, 2.24) is 4.98 Å². The van der Waals surface area contributed by atoms with E-state index in [-0.39, 0.29) is 11.1 Å². The van der Waals surface area contributed by atoms with Crippen molar-refractivity contribution in [2.24, 2.45) is 5.73 Å². The molecule has 0 fully saturated rings. The van der Waals surface area contributed by atoms with Crippen molar-refractivity contribution in [2.45, 2.75) is 26.4 Å². The first-order valence-electron chi connectivity index (χ1n) is 6.89. The molecule has 0 aliphatic heterocycles. The number of pyridine rings is 1. The number of benzene rings is 1. The lowest BCUT2D eigenvalue weighted by molar-refractivity contribution is 0.217. The summed E-state index contributed by atoms with van der Waals surface area (Å²) in [6.45, 7) is 4.14. The highest BCUT2D eigenvalue weighted by Gasteiger charge is 2.04. The predicted molar refractivity (Wildman–Crippen MR) is 90.2 cm³/mol. The molecule has 0 aliphatic carbocycles. The topological polar surface area (TPSA) is 60.2 Å². The Balaban J connectivity index is 2.14. The van der Waals surface area contributed by atoms with E-state index in [9.17, 15) is 0 Å². The van der Waals surface area contributed by atoms with Crippen LogP contribution < -0.4 is 15.8 Å². The summed E-state index contributed by atoms with van der Waals surface area (Å²) in [7, 11) is 0. The molecule has 1 unspecified atom stereocenters. The van der Waals surface area contributed by atoms with E-state index in [0.717, 1.165) is 17.9 Å². The number of nitrogens with zero attached hydrogens (tertiary/aromatic N) is 1. The Kier molecular flexibility index (Phi) is 5.11. The maximum absolute atomic E-state index is 5.80. The lowest BCUT2D eigenvalue weighted by atomic mass is 10.2. The van der Waals surface area contributed by atoms with Crippen molar-refractivity contribution in [3.05, 3.63) is 48.2 Å². The van der Waals surface area contributed by atoms with Crippen molar-refractivity contribution in [3.63, 3.8) is 0 Å². The van der Waals surface area contributed by atoms with Crippen molar-refractivity contribution >= 4 is 28.7 Å². The zero-order valence-electron chi connectivity index (χ0n) is 12.2. The molecule has 0 aliphatic rings. The van der Waals surface area contributed by atoms with Crippen LogP contribution in [0.5, 0.6) is 5.75 Å². The van der Waals surface area contributed by atoms with Crippen LogP contribution in [0, 0.1) is 0 Å². The maximum atomic E-state index is 5.80. The molecule has 110 valence electrons. The first kappa shape index (κ1) is 15.3. The number of hydrogen-bond acceptors (Lipinski definition) is 4. The zero-order chi connectivity index (χ0) is 15.2. The fourth-order valence-electron chi connectivity index (χ4n) is 1.75. The molecule has 21 heavy (non-hydrogen) atoms. The average molecular weight is 301 g/mol. The Morgan fingerprint density at radius 1 is 1.33 bits per heavy atom. The van der Waals surface area contributed by atoms with Crippen LogP contribution in [0.1, 0.15) is 26.0 Å². The summed E-state index contributed by atoms with van der Waals surface area (Å²) in [6.07, 6.45) is 1.16. The second kappa shape index (κ2) is 7.04. The van der Waals surface area contributed by atoms with Gasteiger partial charge in [0.05, 0.1) is 11.8 Å². The van der Waals surface area contributed by atoms with E-state index < -0.39 is 0 Å². The van der Waals surface area contributed by atoms with Crippen LogP contribution in [0.4, 0.5) is 11.5 Å². The summed E-state index contributed by atoms with van der Waals surface area (Å²) in [5.41, 5.74) is 7.10. The molecular weight excluding hydrogens is 282 g/mol. The van der Waals surface area contributed by atoms with Crippen LogP contribution >= 0.6 is 12.2 Å². The number of ether oxygens (including phenoxy) is 1. The van der Waals surface area contributed by atoms with Gasteiger partial charge < -0.3 is 15.8 Å². The van der Waals surface area contributed by atoms with Crippen LogP contribution in [0.3, 0.4) is 0 Å². The van der Waals surface area contributed by atoms with Gasteiger partial charge in [-0.3, -0.25) is 0 Å². The summed E-state index contributed by atoms with van der Waals surface area (Å²) >= 11 is 4.94. The monoisotopic (exact) mass is 301 g/mol. The lowest BCUT2D eigenvalue weighted by Gasteiger charge is -2.14. The van der Waals surface area contributed by atoms with Gasteiger partial charge in [0.25, 0.3) is 0 Å². The molecule has 4 nitrogen and oxygen atoms in total. The molecule has 5 heteroatoms. The van der Waals surface area contributed by atoms with Crippen LogP contribution in [-0.4, -0.2) is 16.1 Å². The maximum Gasteiger partial charge on any atom is 0.131 e. The van der Waals surface area contributed by atoms with Gasteiger partial charge in [-0.05, 0) is 37.6 Å². The van der Waals surface area contributed by atoms with Crippen molar-refractivity contribution in [3.8, 4) is 5.75 Å². The number of thiocarbonyl (C=S) groups is 1. The van der Waals surface area contributed by atoms with Gasteiger partial charge in [-0.1, -0.05) is 31.3 Å². The van der Waals surface area contributed by atoms with E-state index in [0.29, 0.717) is 11.5 Å². The van der Waals surface area contributed by atoms with E-state index in [2.05, 4.69) is 17.2 Å². The number of rotatable bonds is 6. The smallest absolute Gasteiger partial charge is 0.131 e. The van der Waals surface area contributed by atoms with Crippen LogP contribution in [0.15, 0.2) is 42.5 Å². The number of nitrogens with one attached hydrogen (secondary N) is 1. The highest BCUT2D eigenvalue weighted by atomic mass is 32.1. The molecule has 2 aromatic rings. The van der Waals surface area contributed by atoms with Gasteiger partial charge in [0.2, 0.25) is 0 Å². The third-order valence-electron chi connectivity index (χ3n) is 3.02. The zero-order valence-corrected chi connectivity index (χ0v) is 13.0. The Labute approximate surface area is 130 Å². The van der Waals surface area contributed by atoms with Gasteiger partial charge in [0.1, 0.15) is 16.6 Å². The number of nitrogens with two attached hydrogens (primary N) is 1. The molecule has 1 heterocycles. The lowest BCUT2D eigenvalue weighted by Crippen LogP contribution is -2.12. The van der Waals surface area contributed by atoms with Gasteiger partial charge in [-0.15, -0.1) is 0 Å². The molecule has 2 rings (SSSR count). The van der Waals surface area contributed by atoms with Crippen molar-refractivity contribution < 1.29 is 4.74 Å². The third kappa shape index (κ3) is 4.43. The average Bonchev–Trinajstić information content (AvgIpc) is 2.47. The fraction of sp³-hybridized carbons (Fsp3) is 0.250. The first-order valence-corrected chi connectivity index (χ1v) is 7.30. The SMILES string of the molecule is CCC(C)Oc1cccc(Nc2cccc(C(N)=S)n2)c1. The number of anilines is 2. The van der Waals surface area contributed by atoms with Gasteiger partial charge >= 0.3 is 0 Å². The van der Waals surface area contributed by atoms with Gasteiger partial charge in [-0.2, -0.15) is 0 Å². The Morgan fingerprint density at radius 3 is 2.81 bits per heavy atom. The minimum absolute atomic E-state index is 0.191. The predicted octanol–water partition coefficient (Wildman–Crippen LogP) is 3.64. The minimum atomic E-state index is 0.191. The van der Waals surface area contributed by atoms with E-state index in [1.54, 1.807) is 6.07 Å². The third-order valence-corrected chi connectivity index (χ3v) is 3.23. The van der Waals surface area contributed by atoms with Gasteiger partial charge in [-0.25, -0.2) is 4.98 Å². The molecule has 0 radical (unpaired) electrons. The highest BCUT2D eigenvalue weighted by Crippen LogP contribution is 2.22. The summed E-state index contributed by atoms with van der Waals surface area (Å²) in [4.78, 5) is 4.64. The molecule has 3 N–H and O–H groups in total. The standard InChI is InChI=1S/C16H19N3OS/c1-3-11(2)20-13-7-4-6-12(10-13)18-15-9-5-8-14(19-15)16(17)21/h4-11H,3H2,1-2H3,(H2,17,21)(H,18,19). The Bertz CT molecular complexity index is 630. The molecule has 0 saturated heterocycles. The Hall–Kier alpha value is -2.14. The van der Waals surface area contributed by atoms with Crippen LogP contribution in [-0.2, 0) is 0 Å². The second-order valence-electron chi connectivity index (χ2n) is 4.76. The summed E-state index contributed by atoms with van der Waals surface area (Å²) < 4.78 is 5.80. The van der Waals surface area contributed by atoms with Gasteiger partial charge in [0, 0.05) is 11.8 Å². The molecule has 0 bridgehead atoms. The van der Waals surface area contributed by atoms with Gasteiger partial charge in [0.15, 0.2) is 0 Å². The number of aromatic nitrogens is 1. The Morgan fingerprint density at radius 2 is 2.10 bits per heavy atom. The molecule has 0 amide bonds. The highest BCUT2D eigenvalue weighted by molar-refractivity contribution is 7.80. The minimum Gasteiger partial charge on any atom is -0.491 e. The summed E-state index contributed by atoms with van der Waals surface area (Å²) in [5.74, 6) is 1.53. The molecular formula is C16H19N3OS. The summed E-state index contributed by atoms with van der Waals surface area (Å²) in [5, 5.41) is 3.22. The first-order chi connectivity index (χ1) is 10.1. The van der Waals surface area contributed by atoms with E-state index >= 15 is 0 Å². The van der Waals surface area contributed by atoms with Crippen LogP contribution in [0.25, 0.3) is 0 Å². The van der Waals surface area contributed by atoms with E-state index in [1.165, 1.54) is 0 Å². The van der Waals surface area contributed by atoms with Crippen molar-refractivity contribution in [1.29, 1.82) is 0 Å². The second-order valence-corrected chi connectivity index (χ2v) is 5.20. The van der Waals surface area contributed by atoms with E-state index in [4.69, 9.17) is 22.7 Å². The fourth-order valence-corrected chi connectivity index (χ4v) is 1.87. The molecule has 0 saturated carbocycles. The quantitative estimate of drug-likeness (QED) is 0.798. The largest absolute Gasteiger partial charge is 0.491 e. The van der Waals surface area contributed by atoms with Crippen LogP contribution in [0.2, 0.25) is 0 Å². The normalized spacial score (nSPS) is 11.7. The molecule has 1 atom stereocenters. The molecule has 1 aromatic carbocycles. The van der Waals surface area contributed by atoms with E-state index in [1.807, 2.05) is 43.3 Å². The molecule has 1 aromatic heterocycles.